The van der Waals surface area contributed by atoms with Crippen molar-refractivity contribution in [3.63, 3.8) is 0 Å². The highest BCUT2D eigenvalue weighted by Crippen LogP contribution is 2.16. The van der Waals surface area contributed by atoms with E-state index in [1.165, 1.54) is 116 Å². The lowest BCUT2D eigenvalue weighted by atomic mass is 10.0. The van der Waals surface area contributed by atoms with Crippen LogP contribution < -0.4 is 0 Å². The monoisotopic (exact) mass is 1150 g/mol. The summed E-state index contributed by atoms with van der Waals surface area (Å²) < 4.78 is 16.9. The molecular formula is C77H126O6. The molecule has 0 aliphatic rings. The maximum absolute atomic E-state index is 12.9. The van der Waals surface area contributed by atoms with Gasteiger partial charge >= 0.3 is 17.9 Å². The molecule has 0 radical (unpaired) electrons. The summed E-state index contributed by atoms with van der Waals surface area (Å²) in [7, 11) is 0. The SMILES string of the molecule is CC/C=C\C/C=C\C/C=C\C/C=C\C/C=C\C/C=C\CCCCCCCCCCCCCCC(=O)OCC(COC(=O)CCCCCCCCCCC)OC(=O)CCCCCCCC/C=C\C/C=C\C/C=C\C/C=C\C/C=C\C/C=C\CC. The van der Waals surface area contributed by atoms with E-state index in [-0.39, 0.29) is 31.1 Å². The fraction of sp³-hybridized carbons (Fsp3) is 0.649. The van der Waals surface area contributed by atoms with Gasteiger partial charge in [-0.05, 0) is 122 Å². The Morgan fingerprint density at radius 3 is 0.735 bits per heavy atom. The highest BCUT2D eigenvalue weighted by atomic mass is 16.6. The Labute approximate surface area is 512 Å². The fourth-order valence-electron chi connectivity index (χ4n) is 9.27. The normalized spacial score (nSPS) is 13.0. The van der Waals surface area contributed by atoms with Crippen LogP contribution in [0.2, 0.25) is 0 Å². The number of ether oxygens (including phenoxy) is 3. The molecule has 0 heterocycles. The molecule has 0 aliphatic heterocycles. The number of allylic oxidation sites excluding steroid dienone is 24. The van der Waals surface area contributed by atoms with Crippen LogP contribution >= 0.6 is 0 Å². The van der Waals surface area contributed by atoms with Crippen molar-refractivity contribution in [3.8, 4) is 0 Å². The van der Waals surface area contributed by atoms with Crippen molar-refractivity contribution in [1.29, 1.82) is 0 Å². The van der Waals surface area contributed by atoms with Crippen molar-refractivity contribution < 1.29 is 28.6 Å². The molecule has 1 atom stereocenters. The van der Waals surface area contributed by atoms with Crippen molar-refractivity contribution in [3.05, 3.63) is 146 Å². The molecule has 0 spiro atoms. The van der Waals surface area contributed by atoms with Crippen molar-refractivity contribution in [1.82, 2.24) is 0 Å². The molecule has 83 heavy (non-hydrogen) atoms. The minimum absolute atomic E-state index is 0.0862. The van der Waals surface area contributed by atoms with E-state index in [1.807, 2.05) is 0 Å². The summed E-state index contributed by atoms with van der Waals surface area (Å²) in [5, 5.41) is 0. The number of esters is 3. The molecule has 6 heteroatoms. The van der Waals surface area contributed by atoms with Gasteiger partial charge in [-0.15, -0.1) is 0 Å². The molecule has 0 bridgehead atoms. The third kappa shape index (κ3) is 68.0. The summed E-state index contributed by atoms with van der Waals surface area (Å²) >= 11 is 0. The van der Waals surface area contributed by atoms with Crippen molar-refractivity contribution in [2.24, 2.45) is 0 Å². The lowest BCUT2D eigenvalue weighted by Crippen LogP contribution is -2.30. The molecule has 0 fully saturated rings. The van der Waals surface area contributed by atoms with Gasteiger partial charge < -0.3 is 14.2 Å². The number of carbonyl (C=O) groups excluding carboxylic acids is 3. The molecule has 0 amide bonds. The quantitative estimate of drug-likeness (QED) is 0.0261. The topological polar surface area (TPSA) is 78.9 Å². The minimum Gasteiger partial charge on any atom is -0.462 e. The molecule has 0 rings (SSSR count). The number of hydrogen-bond donors (Lipinski definition) is 0. The molecule has 0 saturated heterocycles. The zero-order valence-corrected chi connectivity index (χ0v) is 53.9. The molecule has 0 aromatic rings. The summed E-state index contributed by atoms with van der Waals surface area (Å²) in [4.78, 5) is 38.3. The first-order valence-corrected chi connectivity index (χ1v) is 34.3. The molecule has 1 unspecified atom stereocenters. The van der Waals surface area contributed by atoms with Crippen LogP contribution in [0.4, 0.5) is 0 Å². The average Bonchev–Trinajstić information content (AvgIpc) is 3.49. The predicted molar refractivity (Wildman–Crippen MR) is 362 cm³/mol. The second kappa shape index (κ2) is 69.8. The zero-order valence-electron chi connectivity index (χ0n) is 53.9. The van der Waals surface area contributed by atoms with Gasteiger partial charge in [0, 0.05) is 19.3 Å². The average molecular weight is 1150 g/mol. The minimum atomic E-state index is -0.791. The fourth-order valence-corrected chi connectivity index (χ4v) is 9.27. The third-order valence-electron chi connectivity index (χ3n) is 14.3. The van der Waals surface area contributed by atoms with Crippen molar-refractivity contribution >= 4 is 17.9 Å². The van der Waals surface area contributed by atoms with Gasteiger partial charge in [0.1, 0.15) is 13.2 Å². The number of unbranched alkanes of at least 4 members (excludes halogenated alkanes) is 26. The molecular weight excluding hydrogens is 1020 g/mol. The zero-order chi connectivity index (χ0) is 59.9. The smallest absolute Gasteiger partial charge is 0.306 e. The van der Waals surface area contributed by atoms with Crippen LogP contribution in [0.25, 0.3) is 0 Å². The third-order valence-corrected chi connectivity index (χ3v) is 14.3. The number of carbonyl (C=O) groups is 3. The van der Waals surface area contributed by atoms with E-state index in [1.54, 1.807) is 0 Å². The van der Waals surface area contributed by atoms with Crippen LogP contribution in [0.1, 0.15) is 303 Å². The van der Waals surface area contributed by atoms with Crippen molar-refractivity contribution in [2.45, 2.75) is 309 Å². The lowest BCUT2D eigenvalue weighted by molar-refractivity contribution is -0.167. The maximum Gasteiger partial charge on any atom is 0.306 e. The summed E-state index contributed by atoms with van der Waals surface area (Å²) in [6, 6.07) is 0. The Morgan fingerprint density at radius 1 is 0.253 bits per heavy atom. The first kappa shape index (κ1) is 78.3. The lowest BCUT2D eigenvalue weighted by Gasteiger charge is -2.18. The number of rotatable bonds is 61. The van der Waals surface area contributed by atoms with Gasteiger partial charge in [-0.2, -0.15) is 0 Å². The summed E-state index contributed by atoms with van der Waals surface area (Å²) in [5.74, 6) is -0.902. The number of hydrogen-bond acceptors (Lipinski definition) is 6. The van der Waals surface area contributed by atoms with E-state index in [0.29, 0.717) is 19.3 Å². The highest BCUT2D eigenvalue weighted by molar-refractivity contribution is 5.71. The largest absolute Gasteiger partial charge is 0.462 e. The van der Waals surface area contributed by atoms with E-state index in [4.69, 9.17) is 14.2 Å². The van der Waals surface area contributed by atoms with Crippen LogP contribution in [-0.4, -0.2) is 37.2 Å². The van der Waals surface area contributed by atoms with Crippen LogP contribution in [0, 0.1) is 0 Å². The maximum atomic E-state index is 12.9. The van der Waals surface area contributed by atoms with Gasteiger partial charge in [0.05, 0.1) is 0 Å². The highest BCUT2D eigenvalue weighted by Gasteiger charge is 2.19. The Kier molecular flexibility index (Phi) is 65.8. The van der Waals surface area contributed by atoms with E-state index >= 15 is 0 Å². The Morgan fingerprint density at radius 2 is 0.470 bits per heavy atom. The first-order valence-electron chi connectivity index (χ1n) is 34.3. The van der Waals surface area contributed by atoms with Crippen LogP contribution in [0.15, 0.2) is 146 Å². The van der Waals surface area contributed by atoms with Crippen LogP contribution in [-0.2, 0) is 28.6 Å². The molecule has 6 nitrogen and oxygen atoms in total. The van der Waals surface area contributed by atoms with Gasteiger partial charge in [-0.25, -0.2) is 0 Å². The Balaban J connectivity index is 4.23. The molecule has 0 aromatic carbocycles. The predicted octanol–water partition coefficient (Wildman–Crippen LogP) is 23.9. The van der Waals surface area contributed by atoms with E-state index in [2.05, 4.69) is 167 Å². The van der Waals surface area contributed by atoms with E-state index in [9.17, 15) is 14.4 Å². The molecule has 0 aromatic heterocycles. The molecule has 0 N–H and O–H groups in total. The molecule has 470 valence electrons. The van der Waals surface area contributed by atoms with Gasteiger partial charge in [0.15, 0.2) is 6.10 Å². The van der Waals surface area contributed by atoms with Crippen LogP contribution in [0.3, 0.4) is 0 Å². The summed E-state index contributed by atoms with van der Waals surface area (Å²) in [6.45, 7) is 6.39. The summed E-state index contributed by atoms with van der Waals surface area (Å²) in [6.07, 6.45) is 100. The van der Waals surface area contributed by atoms with Gasteiger partial charge in [0.25, 0.3) is 0 Å². The van der Waals surface area contributed by atoms with Crippen LogP contribution in [0.5, 0.6) is 0 Å². The van der Waals surface area contributed by atoms with E-state index < -0.39 is 6.10 Å². The van der Waals surface area contributed by atoms with Crippen molar-refractivity contribution in [2.75, 3.05) is 13.2 Å². The molecule has 0 saturated carbocycles. The van der Waals surface area contributed by atoms with Gasteiger partial charge in [0.2, 0.25) is 0 Å². The van der Waals surface area contributed by atoms with E-state index in [0.717, 1.165) is 148 Å². The first-order chi connectivity index (χ1) is 41.0. The standard InChI is InChI=1S/C77H126O6/c1-4-7-10-13-16-19-21-23-25-27-29-31-33-35-36-37-38-39-40-42-43-45-47-49-51-53-55-58-61-64-67-70-76(79)82-73-74(72-81-75(78)69-66-63-60-57-18-15-12-9-6-3)83-77(80)71-68-65-62-59-56-54-52-50-48-46-44-41-34-32-30-28-26-24-22-20-17-14-11-8-5-2/h7-8,10-11,16-17,19-20,23-26,29-32,35-36,38-39,41,44,48,50,74H,4-6,9,12-15,18,21-22,27-28,33-34,37,40,42-43,45-47,49,51-73H2,1-3H3/b10-7-,11-8-,19-16-,20-17-,25-23-,26-24-,31-29-,32-30-,36-35-,39-38-,44-41-,50-48-. The second-order valence-electron chi connectivity index (χ2n) is 22.3. The van der Waals surface area contributed by atoms with Gasteiger partial charge in [-0.3, -0.25) is 14.4 Å². The van der Waals surface area contributed by atoms with Gasteiger partial charge in [-0.1, -0.05) is 308 Å². The summed E-state index contributed by atoms with van der Waals surface area (Å²) in [5.41, 5.74) is 0. The molecule has 0 aliphatic carbocycles. The Hall–Kier alpha value is -4.71. The Bertz CT molecular complexity index is 1800. The second-order valence-corrected chi connectivity index (χ2v) is 22.3.